The molecule has 3 rings (SSSR count). The molecule has 0 radical (unpaired) electrons. The maximum atomic E-state index is 12.3. The fourth-order valence-corrected chi connectivity index (χ4v) is 2.62. The molecule has 6 heteroatoms. The van der Waals surface area contributed by atoms with Gasteiger partial charge in [-0.3, -0.25) is 4.79 Å². The summed E-state index contributed by atoms with van der Waals surface area (Å²) in [5, 5.41) is 4.19. The number of hydrogen-bond acceptors (Lipinski definition) is 4. The van der Waals surface area contributed by atoms with Gasteiger partial charge in [-0.1, -0.05) is 41.9 Å². The van der Waals surface area contributed by atoms with E-state index in [1.807, 2.05) is 75.4 Å². The number of halogens is 1. The van der Waals surface area contributed by atoms with E-state index in [9.17, 15) is 4.79 Å². The van der Waals surface area contributed by atoms with Crippen molar-refractivity contribution >= 4 is 11.6 Å². The number of ether oxygens (including phenoxy) is 2. The smallest absolute Gasteiger partial charge is 0.289 e. The molecule has 0 saturated carbocycles. The van der Waals surface area contributed by atoms with E-state index in [4.69, 9.17) is 21.1 Å². The summed E-state index contributed by atoms with van der Waals surface area (Å²) < 4.78 is 12.8. The van der Waals surface area contributed by atoms with E-state index in [1.54, 1.807) is 0 Å². The van der Waals surface area contributed by atoms with Gasteiger partial charge < -0.3 is 9.47 Å². The molecule has 0 bridgehead atoms. The summed E-state index contributed by atoms with van der Waals surface area (Å²) in [6.07, 6.45) is 1.47. The van der Waals surface area contributed by atoms with Gasteiger partial charge in [0.1, 0.15) is 18.1 Å². The van der Waals surface area contributed by atoms with E-state index >= 15 is 0 Å². The monoisotopic (exact) mass is 384 g/mol. The molecule has 27 heavy (non-hydrogen) atoms. The molecule has 0 saturated heterocycles. The molecule has 1 heterocycles. The van der Waals surface area contributed by atoms with Crippen LogP contribution < -0.4 is 15.0 Å². The third-order valence-corrected chi connectivity index (χ3v) is 4.17. The highest BCUT2D eigenvalue weighted by Crippen LogP contribution is 2.24. The molecular formula is C21H21ClN2O3. The van der Waals surface area contributed by atoms with Crippen LogP contribution in [-0.2, 0) is 12.1 Å². The lowest BCUT2D eigenvalue weighted by atomic mass is 10.1. The topological polar surface area (TPSA) is 53.4 Å². The predicted octanol–water partition coefficient (Wildman–Crippen LogP) is 5.02. The number of nitrogens with zero attached hydrogens (tertiary/aromatic N) is 2. The summed E-state index contributed by atoms with van der Waals surface area (Å²) >= 11 is 6.17. The maximum Gasteiger partial charge on any atom is 0.289 e. The van der Waals surface area contributed by atoms with Crippen molar-refractivity contribution < 1.29 is 9.47 Å². The van der Waals surface area contributed by atoms with Crippen LogP contribution in [0.4, 0.5) is 0 Å². The van der Waals surface area contributed by atoms with Crippen molar-refractivity contribution in [3.05, 3.63) is 81.7 Å². The Kier molecular flexibility index (Phi) is 5.51. The summed E-state index contributed by atoms with van der Waals surface area (Å²) in [6.45, 7) is 5.93. The predicted molar refractivity (Wildman–Crippen MR) is 106 cm³/mol. The second-order valence-corrected chi connectivity index (χ2v) is 7.44. The van der Waals surface area contributed by atoms with Gasteiger partial charge >= 0.3 is 0 Å². The minimum absolute atomic E-state index is 0.0314. The first-order chi connectivity index (χ1) is 12.8. The van der Waals surface area contributed by atoms with Crippen LogP contribution in [0, 0.1) is 0 Å². The molecule has 0 atom stereocenters. The first-order valence-electron chi connectivity index (χ1n) is 8.57. The lowest BCUT2D eigenvalue weighted by Crippen LogP contribution is -2.36. The van der Waals surface area contributed by atoms with Crippen molar-refractivity contribution in [2.24, 2.45) is 0 Å². The minimum atomic E-state index is -0.451. The number of hydrogen-bond donors (Lipinski definition) is 0. The standard InChI is InChI=1S/C21H21ClN2O3/c1-21(2,3)24-20(25)19(22)18(13-23-24)26-14-15-9-11-17(12-10-15)27-16-7-5-4-6-8-16/h4-13H,14H2,1-3H3. The Morgan fingerprint density at radius 2 is 1.63 bits per heavy atom. The Hall–Kier alpha value is -2.79. The fourth-order valence-electron chi connectivity index (χ4n) is 2.44. The maximum absolute atomic E-state index is 12.3. The van der Waals surface area contributed by atoms with Crippen molar-refractivity contribution in [3.63, 3.8) is 0 Å². The Labute approximate surface area is 163 Å². The summed E-state index contributed by atoms with van der Waals surface area (Å²) in [5.41, 5.74) is 0.105. The molecule has 2 aromatic carbocycles. The zero-order valence-electron chi connectivity index (χ0n) is 15.5. The van der Waals surface area contributed by atoms with Gasteiger partial charge in [0.25, 0.3) is 5.56 Å². The first kappa shape index (κ1) is 19.0. The summed E-state index contributed by atoms with van der Waals surface area (Å²) in [6, 6.07) is 17.1. The highest BCUT2D eigenvalue weighted by atomic mass is 35.5. The third-order valence-electron chi connectivity index (χ3n) is 3.82. The van der Waals surface area contributed by atoms with E-state index in [0.717, 1.165) is 17.1 Å². The Balaban J connectivity index is 1.67. The summed E-state index contributed by atoms with van der Waals surface area (Å²) in [7, 11) is 0. The van der Waals surface area contributed by atoms with Gasteiger partial charge in [-0.2, -0.15) is 5.10 Å². The lowest BCUT2D eigenvalue weighted by molar-refractivity contribution is 0.292. The first-order valence-corrected chi connectivity index (χ1v) is 8.95. The Bertz CT molecular complexity index is 961. The van der Waals surface area contributed by atoms with Crippen LogP contribution >= 0.6 is 11.6 Å². The second kappa shape index (κ2) is 7.84. The van der Waals surface area contributed by atoms with Gasteiger partial charge in [-0.25, -0.2) is 4.68 Å². The number of para-hydroxylation sites is 1. The molecule has 3 aromatic rings. The third kappa shape index (κ3) is 4.68. The molecule has 0 aliphatic rings. The van der Waals surface area contributed by atoms with E-state index < -0.39 is 5.54 Å². The zero-order chi connectivity index (χ0) is 19.4. The number of aromatic nitrogens is 2. The van der Waals surface area contributed by atoms with Crippen LogP contribution in [0.5, 0.6) is 17.2 Å². The van der Waals surface area contributed by atoms with Gasteiger partial charge in [0.15, 0.2) is 10.8 Å². The van der Waals surface area contributed by atoms with E-state index in [2.05, 4.69) is 5.10 Å². The van der Waals surface area contributed by atoms with Crippen LogP contribution in [0.1, 0.15) is 26.3 Å². The van der Waals surface area contributed by atoms with Crippen molar-refractivity contribution in [3.8, 4) is 17.2 Å². The molecule has 0 amide bonds. The average molecular weight is 385 g/mol. The van der Waals surface area contributed by atoms with Gasteiger partial charge in [0.2, 0.25) is 0 Å². The van der Waals surface area contributed by atoms with Crippen LogP contribution in [0.15, 0.2) is 65.6 Å². The normalized spacial score (nSPS) is 11.3. The van der Waals surface area contributed by atoms with Gasteiger partial charge in [-0.05, 0) is 50.6 Å². The molecule has 0 spiro atoms. The Morgan fingerprint density at radius 3 is 2.26 bits per heavy atom. The van der Waals surface area contributed by atoms with Gasteiger partial charge in [-0.15, -0.1) is 0 Å². The molecule has 0 N–H and O–H groups in total. The molecule has 0 unspecified atom stereocenters. The van der Waals surface area contributed by atoms with Crippen LogP contribution in [0.2, 0.25) is 5.02 Å². The van der Waals surface area contributed by atoms with Gasteiger partial charge in [0.05, 0.1) is 11.7 Å². The molecular weight excluding hydrogens is 364 g/mol. The molecule has 5 nitrogen and oxygen atoms in total. The summed E-state index contributed by atoms with van der Waals surface area (Å²) in [4.78, 5) is 12.3. The average Bonchev–Trinajstić information content (AvgIpc) is 2.64. The van der Waals surface area contributed by atoms with Crippen LogP contribution in [0.25, 0.3) is 0 Å². The van der Waals surface area contributed by atoms with Gasteiger partial charge in [0, 0.05) is 0 Å². The quantitative estimate of drug-likeness (QED) is 0.619. The van der Waals surface area contributed by atoms with Crippen LogP contribution in [0.3, 0.4) is 0 Å². The van der Waals surface area contributed by atoms with E-state index in [1.165, 1.54) is 10.9 Å². The van der Waals surface area contributed by atoms with Crippen molar-refractivity contribution in [1.29, 1.82) is 0 Å². The largest absolute Gasteiger partial charge is 0.485 e. The molecule has 0 aliphatic carbocycles. The lowest BCUT2D eigenvalue weighted by Gasteiger charge is -2.21. The summed E-state index contributed by atoms with van der Waals surface area (Å²) in [5.74, 6) is 1.78. The molecule has 0 aliphatic heterocycles. The second-order valence-electron chi connectivity index (χ2n) is 7.06. The molecule has 1 aromatic heterocycles. The minimum Gasteiger partial charge on any atom is -0.485 e. The van der Waals surface area contributed by atoms with Crippen molar-refractivity contribution in [2.45, 2.75) is 32.9 Å². The van der Waals surface area contributed by atoms with Crippen molar-refractivity contribution in [1.82, 2.24) is 9.78 Å². The molecule has 0 fully saturated rings. The SMILES string of the molecule is CC(C)(C)n1ncc(OCc2ccc(Oc3ccccc3)cc2)c(Cl)c1=O. The number of benzene rings is 2. The zero-order valence-corrected chi connectivity index (χ0v) is 16.2. The van der Waals surface area contributed by atoms with Crippen molar-refractivity contribution in [2.75, 3.05) is 0 Å². The highest BCUT2D eigenvalue weighted by Gasteiger charge is 2.19. The number of rotatable bonds is 5. The van der Waals surface area contributed by atoms with E-state index in [-0.39, 0.29) is 22.9 Å². The van der Waals surface area contributed by atoms with Crippen LogP contribution in [-0.4, -0.2) is 9.78 Å². The Morgan fingerprint density at radius 1 is 1.00 bits per heavy atom. The highest BCUT2D eigenvalue weighted by molar-refractivity contribution is 6.31. The fraction of sp³-hybridized carbons (Fsp3) is 0.238. The molecule has 140 valence electrons. The van der Waals surface area contributed by atoms with E-state index in [0.29, 0.717) is 0 Å².